The van der Waals surface area contributed by atoms with E-state index in [2.05, 4.69) is 15.3 Å². The maximum absolute atomic E-state index is 11.5. The largest absolute Gasteiger partial charge is 0.324 e. The fourth-order valence-electron chi connectivity index (χ4n) is 1.40. The first-order chi connectivity index (χ1) is 7.79. The fraction of sp³-hybridized carbons (Fsp3) is 0.273. The van der Waals surface area contributed by atoms with E-state index in [-0.39, 0.29) is 5.91 Å². The molecule has 0 saturated heterocycles. The summed E-state index contributed by atoms with van der Waals surface area (Å²) in [6.07, 6.45) is 2.49. The number of nitrogens with zero attached hydrogens (tertiary/aromatic N) is 1. The second kappa shape index (κ2) is 5.03. The van der Waals surface area contributed by atoms with E-state index >= 15 is 0 Å². The zero-order chi connectivity index (χ0) is 11.4. The van der Waals surface area contributed by atoms with Crippen molar-refractivity contribution in [2.75, 3.05) is 17.3 Å². The van der Waals surface area contributed by atoms with Gasteiger partial charge in [0.1, 0.15) is 0 Å². The number of H-pyrrole nitrogens is 1. The van der Waals surface area contributed by atoms with Crippen LogP contribution >= 0.6 is 11.8 Å². The zero-order valence-corrected chi connectivity index (χ0v) is 9.80. The Morgan fingerprint density at radius 2 is 2.31 bits per heavy atom. The third-order valence-electron chi connectivity index (χ3n) is 2.18. The first kappa shape index (κ1) is 11.0. The molecular weight excluding hydrogens is 222 g/mol. The fourth-order valence-corrected chi connectivity index (χ4v) is 1.79. The smallest absolute Gasteiger partial charge is 0.227 e. The summed E-state index contributed by atoms with van der Waals surface area (Å²) >= 11 is 1.65. The number of anilines is 1. The number of carbonyl (C=O) groups excluding carboxylic acids is 1. The molecule has 2 aromatic rings. The number of carbonyl (C=O) groups is 1. The Hall–Kier alpha value is -1.49. The van der Waals surface area contributed by atoms with Crippen LogP contribution in [0.2, 0.25) is 0 Å². The van der Waals surface area contributed by atoms with E-state index in [1.807, 2.05) is 30.5 Å². The highest BCUT2D eigenvalue weighted by Crippen LogP contribution is 2.13. The van der Waals surface area contributed by atoms with Gasteiger partial charge >= 0.3 is 0 Å². The van der Waals surface area contributed by atoms with Gasteiger partial charge in [0.2, 0.25) is 11.9 Å². The Balaban J connectivity index is 2.07. The van der Waals surface area contributed by atoms with Crippen LogP contribution in [0.5, 0.6) is 0 Å². The van der Waals surface area contributed by atoms with Gasteiger partial charge in [-0.05, 0) is 18.4 Å². The number of para-hydroxylation sites is 2. The van der Waals surface area contributed by atoms with Crippen molar-refractivity contribution in [3.05, 3.63) is 24.3 Å². The molecule has 0 aliphatic carbocycles. The van der Waals surface area contributed by atoms with Crippen molar-refractivity contribution in [1.29, 1.82) is 0 Å². The van der Waals surface area contributed by atoms with Gasteiger partial charge < -0.3 is 4.98 Å². The number of rotatable bonds is 4. The second-order valence-electron chi connectivity index (χ2n) is 3.39. The van der Waals surface area contributed by atoms with Crippen LogP contribution in [0, 0.1) is 0 Å². The number of thioether (sulfide) groups is 1. The predicted octanol–water partition coefficient (Wildman–Crippen LogP) is 2.25. The number of imidazole rings is 1. The molecule has 4 nitrogen and oxygen atoms in total. The monoisotopic (exact) mass is 235 g/mol. The summed E-state index contributed by atoms with van der Waals surface area (Å²) in [7, 11) is 0. The van der Waals surface area contributed by atoms with Gasteiger partial charge in [-0.3, -0.25) is 10.1 Å². The van der Waals surface area contributed by atoms with Crippen LogP contribution in [0.15, 0.2) is 24.3 Å². The molecule has 0 atom stereocenters. The van der Waals surface area contributed by atoms with Crippen molar-refractivity contribution in [2.45, 2.75) is 6.42 Å². The highest BCUT2D eigenvalue weighted by molar-refractivity contribution is 7.98. The zero-order valence-electron chi connectivity index (χ0n) is 8.99. The number of amides is 1. The molecular formula is C11H13N3OS. The van der Waals surface area contributed by atoms with Gasteiger partial charge in [-0.1, -0.05) is 12.1 Å². The molecule has 2 N–H and O–H groups in total. The molecule has 1 heterocycles. The maximum atomic E-state index is 11.5. The van der Waals surface area contributed by atoms with Crippen molar-refractivity contribution >= 4 is 34.7 Å². The lowest BCUT2D eigenvalue weighted by Crippen LogP contribution is -2.13. The summed E-state index contributed by atoms with van der Waals surface area (Å²) in [5.41, 5.74) is 1.80. The summed E-state index contributed by atoms with van der Waals surface area (Å²) in [6, 6.07) is 7.69. The van der Waals surface area contributed by atoms with Crippen LogP contribution in [0.4, 0.5) is 5.95 Å². The van der Waals surface area contributed by atoms with Crippen molar-refractivity contribution in [3.63, 3.8) is 0 Å². The quantitative estimate of drug-likeness (QED) is 0.854. The topological polar surface area (TPSA) is 57.8 Å². The number of aromatic amines is 1. The molecule has 84 valence electrons. The Labute approximate surface area is 97.8 Å². The number of aromatic nitrogens is 2. The molecule has 0 spiro atoms. The normalized spacial score (nSPS) is 10.6. The minimum absolute atomic E-state index is 0.00611. The number of hydrogen-bond donors (Lipinski definition) is 2. The standard InChI is InChI=1S/C11H13N3OS/c1-16-7-6-10(15)14-11-12-8-4-2-3-5-9(8)13-11/h2-5H,6-7H2,1H3,(H2,12,13,14,15). The van der Waals surface area contributed by atoms with Crippen LogP contribution in [0.3, 0.4) is 0 Å². The minimum atomic E-state index is -0.00611. The number of hydrogen-bond acceptors (Lipinski definition) is 3. The van der Waals surface area contributed by atoms with Gasteiger partial charge in [0, 0.05) is 12.2 Å². The SMILES string of the molecule is CSCCC(=O)Nc1nc2ccccc2[nH]1. The molecule has 1 aromatic carbocycles. The van der Waals surface area contributed by atoms with Crippen LogP contribution in [-0.4, -0.2) is 27.9 Å². The van der Waals surface area contributed by atoms with E-state index in [0.29, 0.717) is 12.4 Å². The summed E-state index contributed by atoms with van der Waals surface area (Å²) in [6.45, 7) is 0. The summed E-state index contributed by atoms with van der Waals surface area (Å²) in [4.78, 5) is 18.8. The lowest BCUT2D eigenvalue weighted by molar-refractivity contribution is -0.115. The molecule has 0 radical (unpaired) electrons. The lowest BCUT2D eigenvalue weighted by Gasteiger charge is -1.99. The van der Waals surface area contributed by atoms with Gasteiger partial charge in [0.25, 0.3) is 0 Å². The van der Waals surface area contributed by atoms with Gasteiger partial charge in [0.05, 0.1) is 11.0 Å². The van der Waals surface area contributed by atoms with Gasteiger partial charge in [-0.2, -0.15) is 11.8 Å². The van der Waals surface area contributed by atoms with Crippen molar-refractivity contribution in [3.8, 4) is 0 Å². The number of nitrogens with one attached hydrogen (secondary N) is 2. The molecule has 1 amide bonds. The van der Waals surface area contributed by atoms with Crippen LogP contribution in [0.25, 0.3) is 11.0 Å². The van der Waals surface area contributed by atoms with Gasteiger partial charge in [-0.25, -0.2) is 4.98 Å². The van der Waals surface area contributed by atoms with E-state index < -0.39 is 0 Å². The molecule has 16 heavy (non-hydrogen) atoms. The molecule has 0 aliphatic heterocycles. The summed E-state index contributed by atoms with van der Waals surface area (Å²) < 4.78 is 0. The molecule has 1 aromatic heterocycles. The Kier molecular flexibility index (Phi) is 3.46. The van der Waals surface area contributed by atoms with E-state index in [1.54, 1.807) is 11.8 Å². The number of benzene rings is 1. The van der Waals surface area contributed by atoms with Crippen LogP contribution in [-0.2, 0) is 4.79 Å². The molecule has 0 saturated carbocycles. The molecule has 2 rings (SSSR count). The maximum Gasteiger partial charge on any atom is 0.227 e. The molecule has 0 unspecified atom stereocenters. The highest BCUT2D eigenvalue weighted by Gasteiger charge is 2.05. The molecule has 0 fully saturated rings. The van der Waals surface area contributed by atoms with Crippen molar-refractivity contribution < 1.29 is 4.79 Å². The van der Waals surface area contributed by atoms with Crippen LogP contribution in [0.1, 0.15) is 6.42 Å². The van der Waals surface area contributed by atoms with E-state index in [9.17, 15) is 4.79 Å². The molecule has 0 aliphatic rings. The van der Waals surface area contributed by atoms with Crippen LogP contribution < -0.4 is 5.32 Å². The lowest BCUT2D eigenvalue weighted by atomic mass is 10.3. The first-order valence-corrected chi connectivity index (χ1v) is 6.42. The van der Waals surface area contributed by atoms with E-state index in [0.717, 1.165) is 16.8 Å². The molecule has 0 bridgehead atoms. The Bertz CT molecular complexity index is 462. The highest BCUT2D eigenvalue weighted by atomic mass is 32.2. The molecule has 5 heteroatoms. The van der Waals surface area contributed by atoms with Crippen molar-refractivity contribution in [2.24, 2.45) is 0 Å². The Morgan fingerprint density at radius 3 is 3.06 bits per heavy atom. The summed E-state index contributed by atoms with van der Waals surface area (Å²) in [5, 5.41) is 2.75. The van der Waals surface area contributed by atoms with Crippen molar-refractivity contribution in [1.82, 2.24) is 9.97 Å². The minimum Gasteiger partial charge on any atom is -0.324 e. The van der Waals surface area contributed by atoms with Gasteiger partial charge in [-0.15, -0.1) is 0 Å². The Morgan fingerprint density at radius 1 is 1.50 bits per heavy atom. The third-order valence-corrected chi connectivity index (χ3v) is 2.79. The number of fused-ring (bicyclic) bond motifs is 1. The average molecular weight is 235 g/mol. The average Bonchev–Trinajstić information content (AvgIpc) is 2.68. The summed E-state index contributed by atoms with van der Waals surface area (Å²) in [5.74, 6) is 1.34. The first-order valence-electron chi connectivity index (χ1n) is 5.03. The van der Waals surface area contributed by atoms with Gasteiger partial charge in [0.15, 0.2) is 0 Å². The van der Waals surface area contributed by atoms with E-state index in [4.69, 9.17) is 0 Å². The third kappa shape index (κ3) is 2.55. The van der Waals surface area contributed by atoms with E-state index in [1.165, 1.54) is 0 Å². The second-order valence-corrected chi connectivity index (χ2v) is 4.38. The predicted molar refractivity (Wildman–Crippen MR) is 67.7 cm³/mol.